The van der Waals surface area contributed by atoms with Crippen LogP contribution in [-0.2, 0) is 16.9 Å². The van der Waals surface area contributed by atoms with Crippen LogP contribution in [0.3, 0.4) is 0 Å². The van der Waals surface area contributed by atoms with E-state index < -0.39 is 9.84 Å². The van der Waals surface area contributed by atoms with E-state index in [0.29, 0.717) is 22.8 Å². The molecule has 2 aromatic rings. The highest BCUT2D eigenvalue weighted by Crippen LogP contribution is 2.22. The van der Waals surface area contributed by atoms with E-state index in [9.17, 15) is 13.2 Å². The third kappa shape index (κ3) is 3.56. The van der Waals surface area contributed by atoms with E-state index in [1.54, 1.807) is 25.2 Å². The maximum Gasteiger partial charge on any atom is 0.269 e. The van der Waals surface area contributed by atoms with Crippen LogP contribution >= 0.6 is 11.6 Å². The van der Waals surface area contributed by atoms with Gasteiger partial charge in [0.25, 0.3) is 5.91 Å². The van der Waals surface area contributed by atoms with Crippen molar-refractivity contribution >= 4 is 27.3 Å². The molecule has 0 radical (unpaired) electrons. The fourth-order valence-corrected chi connectivity index (χ4v) is 4.50. The molecule has 0 saturated carbocycles. The maximum absolute atomic E-state index is 12.4. The number of aryl methyl sites for hydroxylation is 1. The second-order valence-electron chi connectivity index (χ2n) is 5.62. The van der Waals surface area contributed by atoms with Gasteiger partial charge in [-0.25, -0.2) is 8.42 Å². The second-order valence-corrected chi connectivity index (χ2v) is 8.29. The van der Waals surface area contributed by atoms with Crippen molar-refractivity contribution in [2.24, 2.45) is 7.05 Å². The molecule has 2 heterocycles. The van der Waals surface area contributed by atoms with Crippen LogP contribution in [0.4, 0.5) is 0 Å². The van der Waals surface area contributed by atoms with E-state index in [1.165, 1.54) is 4.68 Å². The SMILES string of the molecule is Cn1nc(-c2cccc(Cl)c2)cc1C(=O)N[C@H]1CCS(=O)(=O)C1. The van der Waals surface area contributed by atoms with Gasteiger partial charge in [0.1, 0.15) is 5.69 Å². The first-order valence-corrected chi connectivity index (χ1v) is 9.35. The number of rotatable bonds is 3. The van der Waals surface area contributed by atoms with Gasteiger partial charge in [-0.1, -0.05) is 23.7 Å². The number of nitrogens with zero attached hydrogens (tertiary/aromatic N) is 2. The van der Waals surface area contributed by atoms with Crippen LogP contribution in [0.25, 0.3) is 11.3 Å². The van der Waals surface area contributed by atoms with Crippen molar-refractivity contribution in [3.05, 3.63) is 41.0 Å². The van der Waals surface area contributed by atoms with Gasteiger partial charge in [0.2, 0.25) is 0 Å². The van der Waals surface area contributed by atoms with Gasteiger partial charge in [0.15, 0.2) is 9.84 Å². The molecule has 6 nitrogen and oxygen atoms in total. The molecule has 0 unspecified atom stereocenters. The largest absolute Gasteiger partial charge is 0.347 e. The minimum absolute atomic E-state index is 0.00224. The highest BCUT2D eigenvalue weighted by Gasteiger charge is 2.29. The normalized spacial score (nSPS) is 19.7. The van der Waals surface area contributed by atoms with Crippen molar-refractivity contribution in [1.29, 1.82) is 0 Å². The van der Waals surface area contributed by atoms with Gasteiger partial charge in [0, 0.05) is 23.7 Å². The average molecular weight is 354 g/mol. The molecule has 0 bridgehead atoms. The number of hydrogen-bond acceptors (Lipinski definition) is 4. The predicted molar refractivity (Wildman–Crippen MR) is 88.2 cm³/mol. The van der Waals surface area contributed by atoms with Gasteiger partial charge in [-0.15, -0.1) is 0 Å². The molecular weight excluding hydrogens is 338 g/mol. The minimum atomic E-state index is -3.03. The van der Waals surface area contributed by atoms with Gasteiger partial charge in [-0.05, 0) is 24.6 Å². The summed E-state index contributed by atoms with van der Waals surface area (Å²) in [5.74, 6) is -0.204. The molecule has 1 N–H and O–H groups in total. The van der Waals surface area contributed by atoms with Gasteiger partial charge < -0.3 is 5.32 Å². The zero-order valence-electron chi connectivity index (χ0n) is 12.5. The van der Waals surface area contributed by atoms with E-state index in [4.69, 9.17) is 11.6 Å². The fourth-order valence-electron chi connectivity index (χ4n) is 2.64. The highest BCUT2D eigenvalue weighted by atomic mass is 35.5. The molecule has 8 heteroatoms. The Hall–Kier alpha value is -1.86. The van der Waals surface area contributed by atoms with E-state index in [0.717, 1.165) is 5.56 Å². The molecule has 1 fully saturated rings. The van der Waals surface area contributed by atoms with E-state index in [2.05, 4.69) is 10.4 Å². The average Bonchev–Trinajstić information content (AvgIpc) is 3.01. The Morgan fingerprint density at radius 1 is 1.39 bits per heavy atom. The van der Waals surface area contributed by atoms with E-state index >= 15 is 0 Å². The summed E-state index contributed by atoms with van der Waals surface area (Å²) in [6, 6.07) is 8.55. The Labute approximate surface area is 139 Å². The zero-order valence-corrected chi connectivity index (χ0v) is 14.1. The number of carbonyl (C=O) groups excluding carboxylic acids is 1. The Balaban J connectivity index is 1.79. The lowest BCUT2D eigenvalue weighted by molar-refractivity contribution is 0.0931. The molecule has 1 amide bonds. The summed E-state index contributed by atoms with van der Waals surface area (Å²) in [6.07, 6.45) is 0.451. The molecule has 122 valence electrons. The topological polar surface area (TPSA) is 81.1 Å². The van der Waals surface area contributed by atoms with Crippen LogP contribution < -0.4 is 5.32 Å². The molecule has 23 heavy (non-hydrogen) atoms. The lowest BCUT2D eigenvalue weighted by Gasteiger charge is -2.10. The molecule has 3 rings (SSSR count). The lowest BCUT2D eigenvalue weighted by Crippen LogP contribution is -2.36. The summed E-state index contributed by atoms with van der Waals surface area (Å²) < 4.78 is 24.4. The van der Waals surface area contributed by atoms with Gasteiger partial charge in [0.05, 0.1) is 17.2 Å². The van der Waals surface area contributed by atoms with Crippen molar-refractivity contribution in [1.82, 2.24) is 15.1 Å². The third-order valence-electron chi connectivity index (χ3n) is 3.80. The summed E-state index contributed by atoms with van der Waals surface area (Å²) >= 11 is 5.97. The number of aromatic nitrogens is 2. The first-order valence-electron chi connectivity index (χ1n) is 7.15. The third-order valence-corrected chi connectivity index (χ3v) is 5.80. The van der Waals surface area contributed by atoms with E-state index in [1.807, 2.05) is 12.1 Å². The van der Waals surface area contributed by atoms with Crippen LogP contribution in [0.5, 0.6) is 0 Å². The van der Waals surface area contributed by atoms with Crippen molar-refractivity contribution in [3.63, 3.8) is 0 Å². The van der Waals surface area contributed by atoms with Gasteiger partial charge in [-0.2, -0.15) is 5.10 Å². The smallest absolute Gasteiger partial charge is 0.269 e. The number of sulfone groups is 1. The molecule has 0 spiro atoms. The molecule has 1 aliphatic rings. The number of hydrogen-bond donors (Lipinski definition) is 1. The molecule has 1 aliphatic heterocycles. The summed E-state index contributed by atoms with van der Waals surface area (Å²) in [4.78, 5) is 12.4. The predicted octanol–water partition coefficient (Wildman–Crippen LogP) is 1.66. The first kappa shape index (κ1) is 16.0. The Morgan fingerprint density at radius 2 is 2.17 bits per heavy atom. The maximum atomic E-state index is 12.4. The van der Waals surface area contributed by atoms with Gasteiger partial charge in [-0.3, -0.25) is 9.48 Å². The molecule has 1 aromatic carbocycles. The Bertz CT molecular complexity index is 861. The van der Waals surface area contributed by atoms with Crippen molar-refractivity contribution < 1.29 is 13.2 Å². The number of amides is 1. The highest BCUT2D eigenvalue weighted by molar-refractivity contribution is 7.91. The van der Waals surface area contributed by atoms with Crippen molar-refractivity contribution in [3.8, 4) is 11.3 Å². The lowest BCUT2D eigenvalue weighted by atomic mass is 10.1. The summed E-state index contributed by atoms with van der Waals surface area (Å²) in [5.41, 5.74) is 1.83. The van der Waals surface area contributed by atoms with E-state index in [-0.39, 0.29) is 23.5 Å². The quantitative estimate of drug-likeness (QED) is 0.909. The van der Waals surface area contributed by atoms with Crippen molar-refractivity contribution in [2.45, 2.75) is 12.5 Å². The van der Waals surface area contributed by atoms with Crippen LogP contribution in [0.1, 0.15) is 16.9 Å². The standard InChI is InChI=1S/C15H16ClN3O3S/c1-19-14(15(20)17-12-5-6-23(21,22)9-12)8-13(18-19)10-3-2-4-11(16)7-10/h2-4,7-8,12H,5-6,9H2,1H3,(H,17,20)/t12-/m0/s1. The molecule has 0 aliphatic carbocycles. The van der Waals surface area contributed by atoms with Crippen LogP contribution in [-0.4, -0.2) is 41.7 Å². The monoisotopic (exact) mass is 353 g/mol. The molecule has 1 saturated heterocycles. The second kappa shape index (κ2) is 5.98. The van der Waals surface area contributed by atoms with Crippen LogP contribution in [0.2, 0.25) is 5.02 Å². The Kier molecular flexibility index (Phi) is 4.16. The summed E-state index contributed by atoms with van der Waals surface area (Å²) in [7, 11) is -1.35. The van der Waals surface area contributed by atoms with Crippen molar-refractivity contribution in [2.75, 3.05) is 11.5 Å². The number of carbonyl (C=O) groups is 1. The zero-order chi connectivity index (χ0) is 16.6. The number of nitrogens with one attached hydrogen (secondary N) is 1. The molecule has 1 atom stereocenters. The number of benzene rings is 1. The molecular formula is C15H16ClN3O3S. The fraction of sp³-hybridized carbons (Fsp3) is 0.333. The van der Waals surface area contributed by atoms with Gasteiger partial charge >= 0.3 is 0 Å². The molecule has 1 aromatic heterocycles. The number of halogens is 1. The van der Waals surface area contributed by atoms with Crippen LogP contribution in [0, 0.1) is 0 Å². The minimum Gasteiger partial charge on any atom is -0.347 e. The summed E-state index contributed by atoms with van der Waals surface area (Å²) in [5, 5.41) is 7.68. The first-order chi connectivity index (χ1) is 10.8. The summed E-state index contributed by atoms with van der Waals surface area (Å²) in [6.45, 7) is 0. The Morgan fingerprint density at radius 3 is 2.83 bits per heavy atom. The van der Waals surface area contributed by atoms with Crippen LogP contribution in [0.15, 0.2) is 30.3 Å².